The van der Waals surface area contributed by atoms with Crippen molar-refractivity contribution in [1.82, 2.24) is 20.4 Å². The van der Waals surface area contributed by atoms with Crippen LogP contribution in [0.5, 0.6) is 0 Å². The summed E-state index contributed by atoms with van der Waals surface area (Å²) in [6.45, 7) is 5.95. The van der Waals surface area contributed by atoms with Crippen LogP contribution >= 0.6 is 24.0 Å². The molecule has 25 heavy (non-hydrogen) atoms. The minimum Gasteiger partial charge on any atom is -0.357 e. The molecule has 1 aromatic heterocycles. The van der Waals surface area contributed by atoms with Gasteiger partial charge in [0.2, 0.25) is 5.89 Å². The Bertz CT molecular complexity index is 659. The van der Waals surface area contributed by atoms with Gasteiger partial charge in [-0.15, -0.1) is 24.0 Å². The highest BCUT2D eigenvalue weighted by Crippen LogP contribution is 2.06. The van der Waals surface area contributed by atoms with Gasteiger partial charge in [0.15, 0.2) is 11.8 Å². The highest BCUT2D eigenvalue weighted by Gasteiger charge is 2.07. The van der Waals surface area contributed by atoms with Gasteiger partial charge in [0, 0.05) is 33.1 Å². The van der Waals surface area contributed by atoms with Gasteiger partial charge >= 0.3 is 0 Å². The van der Waals surface area contributed by atoms with Crippen LogP contribution in [0.4, 0.5) is 4.39 Å². The summed E-state index contributed by atoms with van der Waals surface area (Å²) in [6, 6.07) is 6.51. The molecule has 0 spiro atoms. The number of rotatable bonds is 7. The van der Waals surface area contributed by atoms with Crippen LogP contribution in [0.15, 0.2) is 33.8 Å². The van der Waals surface area contributed by atoms with Crippen molar-refractivity contribution in [3.63, 3.8) is 0 Å². The molecule has 0 unspecified atom stereocenters. The molecule has 0 amide bonds. The van der Waals surface area contributed by atoms with Crippen molar-refractivity contribution >= 4 is 29.9 Å². The third kappa shape index (κ3) is 7.37. The van der Waals surface area contributed by atoms with E-state index in [0.29, 0.717) is 31.2 Å². The van der Waals surface area contributed by atoms with E-state index in [2.05, 4.69) is 20.4 Å². The molecule has 0 radical (unpaired) electrons. The van der Waals surface area contributed by atoms with Gasteiger partial charge in [-0.25, -0.2) is 4.39 Å². The summed E-state index contributed by atoms with van der Waals surface area (Å²) in [5.74, 6) is 1.90. The molecule has 0 saturated heterocycles. The number of halogens is 2. The maximum Gasteiger partial charge on any atom is 0.226 e. The molecular formula is C17H25FIN5O. The van der Waals surface area contributed by atoms with Crippen LogP contribution in [-0.2, 0) is 13.0 Å². The molecule has 1 aromatic carbocycles. The van der Waals surface area contributed by atoms with Crippen LogP contribution in [0.2, 0.25) is 0 Å². The van der Waals surface area contributed by atoms with Gasteiger partial charge in [0.1, 0.15) is 5.82 Å². The van der Waals surface area contributed by atoms with Crippen LogP contribution in [0, 0.1) is 12.7 Å². The smallest absolute Gasteiger partial charge is 0.226 e. The Morgan fingerprint density at radius 2 is 2.04 bits per heavy atom. The summed E-state index contributed by atoms with van der Waals surface area (Å²) in [5.41, 5.74) is 1.03. The summed E-state index contributed by atoms with van der Waals surface area (Å²) in [5, 5.41) is 7.04. The van der Waals surface area contributed by atoms with E-state index in [1.165, 1.54) is 12.1 Å². The van der Waals surface area contributed by atoms with Crippen LogP contribution in [0.25, 0.3) is 0 Å². The maximum atomic E-state index is 13.0. The number of guanidine groups is 1. The van der Waals surface area contributed by atoms with E-state index in [0.717, 1.165) is 24.5 Å². The van der Waals surface area contributed by atoms with E-state index in [1.54, 1.807) is 19.1 Å². The van der Waals surface area contributed by atoms with Gasteiger partial charge in [-0.05, 0) is 38.0 Å². The SMILES string of the molecule is CCNC(=NCCCc1nc(C)no1)N(C)Cc1ccc(F)cc1.I. The Hall–Kier alpha value is -1.71. The lowest BCUT2D eigenvalue weighted by atomic mass is 10.2. The number of benzene rings is 1. The van der Waals surface area contributed by atoms with Gasteiger partial charge in [0.25, 0.3) is 0 Å². The van der Waals surface area contributed by atoms with Crippen molar-refractivity contribution in [1.29, 1.82) is 0 Å². The lowest BCUT2D eigenvalue weighted by molar-refractivity contribution is 0.372. The second-order valence-electron chi connectivity index (χ2n) is 5.56. The van der Waals surface area contributed by atoms with E-state index >= 15 is 0 Å². The van der Waals surface area contributed by atoms with Crippen molar-refractivity contribution < 1.29 is 8.91 Å². The van der Waals surface area contributed by atoms with E-state index in [9.17, 15) is 4.39 Å². The highest BCUT2D eigenvalue weighted by atomic mass is 127. The van der Waals surface area contributed by atoms with Gasteiger partial charge in [0.05, 0.1) is 0 Å². The minimum atomic E-state index is -0.224. The first-order chi connectivity index (χ1) is 11.6. The fourth-order valence-corrected chi connectivity index (χ4v) is 2.27. The van der Waals surface area contributed by atoms with E-state index in [1.807, 2.05) is 18.9 Å². The molecule has 0 aliphatic rings. The number of hydrogen-bond donors (Lipinski definition) is 1. The molecule has 8 heteroatoms. The number of aromatic nitrogens is 2. The summed E-state index contributed by atoms with van der Waals surface area (Å²) >= 11 is 0. The van der Waals surface area contributed by atoms with Crippen LogP contribution in [-0.4, -0.2) is 41.1 Å². The van der Waals surface area contributed by atoms with Crippen LogP contribution in [0.1, 0.15) is 30.6 Å². The molecule has 1 N–H and O–H groups in total. The quantitative estimate of drug-likeness (QED) is 0.297. The number of nitrogens with zero attached hydrogens (tertiary/aromatic N) is 4. The molecule has 0 aliphatic carbocycles. The van der Waals surface area contributed by atoms with Crippen LogP contribution < -0.4 is 5.32 Å². The Morgan fingerprint density at radius 1 is 1.32 bits per heavy atom. The number of nitrogens with one attached hydrogen (secondary N) is 1. The molecule has 0 atom stereocenters. The lowest BCUT2D eigenvalue weighted by Gasteiger charge is -2.22. The van der Waals surface area contributed by atoms with E-state index in [4.69, 9.17) is 4.52 Å². The lowest BCUT2D eigenvalue weighted by Crippen LogP contribution is -2.38. The zero-order chi connectivity index (χ0) is 17.4. The molecule has 1 heterocycles. The molecule has 2 aromatic rings. The second-order valence-corrected chi connectivity index (χ2v) is 5.56. The molecule has 0 fully saturated rings. The highest BCUT2D eigenvalue weighted by molar-refractivity contribution is 14.0. The van der Waals surface area contributed by atoms with E-state index in [-0.39, 0.29) is 29.8 Å². The standard InChI is InChI=1S/C17H24FN5O.HI/c1-4-19-17(20-11-5-6-16-21-13(2)22-24-16)23(3)12-14-7-9-15(18)10-8-14;/h7-10H,4-6,11-12H2,1-3H3,(H,19,20);1H. The summed E-state index contributed by atoms with van der Waals surface area (Å²) < 4.78 is 18.1. The largest absolute Gasteiger partial charge is 0.357 e. The molecule has 138 valence electrons. The van der Waals surface area contributed by atoms with E-state index < -0.39 is 0 Å². The Kier molecular flexibility index (Phi) is 9.40. The third-order valence-electron chi connectivity index (χ3n) is 3.41. The van der Waals surface area contributed by atoms with Gasteiger partial charge < -0.3 is 14.7 Å². The topological polar surface area (TPSA) is 66.5 Å². The van der Waals surface area contributed by atoms with Crippen LogP contribution in [0.3, 0.4) is 0 Å². The fourth-order valence-electron chi connectivity index (χ4n) is 2.27. The maximum absolute atomic E-state index is 13.0. The van der Waals surface area contributed by atoms with Crippen molar-refractivity contribution in [2.75, 3.05) is 20.1 Å². The number of hydrogen-bond acceptors (Lipinski definition) is 4. The normalized spacial score (nSPS) is 11.1. The summed E-state index contributed by atoms with van der Waals surface area (Å²) in [6.07, 6.45) is 1.55. The van der Waals surface area contributed by atoms with Gasteiger partial charge in [-0.1, -0.05) is 17.3 Å². The molecule has 0 aliphatic heterocycles. The fraction of sp³-hybridized carbons (Fsp3) is 0.471. The summed E-state index contributed by atoms with van der Waals surface area (Å²) in [4.78, 5) is 10.8. The second kappa shape index (κ2) is 11.0. The monoisotopic (exact) mass is 461 g/mol. The van der Waals surface area contributed by atoms with Gasteiger partial charge in [-0.3, -0.25) is 4.99 Å². The number of aliphatic imine (C=N–C) groups is 1. The Balaban J connectivity index is 0.00000312. The summed E-state index contributed by atoms with van der Waals surface area (Å²) in [7, 11) is 1.96. The average Bonchev–Trinajstić information content (AvgIpc) is 2.98. The number of aryl methyl sites for hydroxylation is 2. The van der Waals surface area contributed by atoms with Crippen molar-refractivity contribution in [2.45, 2.75) is 33.2 Å². The average molecular weight is 461 g/mol. The zero-order valence-electron chi connectivity index (χ0n) is 14.8. The molecule has 2 rings (SSSR count). The minimum absolute atomic E-state index is 0. The van der Waals surface area contributed by atoms with Gasteiger partial charge in [-0.2, -0.15) is 4.98 Å². The third-order valence-corrected chi connectivity index (χ3v) is 3.41. The zero-order valence-corrected chi connectivity index (χ0v) is 17.2. The predicted molar refractivity (Wildman–Crippen MR) is 107 cm³/mol. The predicted octanol–water partition coefficient (Wildman–Crippen LogP) is 3.17. The Labute approximate surface area is 164 Å². The first-order valence-corrected chi connectivity index (χ1v) is 8.11. The van der Waals surface area contributed by atoms with Crippen molar-refractivity contribution in [3.05, 3.63) is 47.4 Å². The molecule has 6 nitrogen and oxygen atoms in total. The molecule has 0 saturated carbocycles. The van der Waals surface area contributed by atoms with Crippen molar-refractivity contribution in [2.24, 2.45) is 4.99 Å². The van der Waals surface area contributed by atoms with Crippen molar-refractivity contribution in [3.8, 4) is 0 Å². The molecular weight excluding hydrogens is 436 g/mol. The first kappa shape index (κ1) is 21.3. The first-order valence-electron chi connectivity index (χ1n) is 8.11. The molecule has 0 bridgehead atoms. The Morgan fingerprint density at radius 3 is 2.64 bits per heavy atom.